The normalized spacial score (nSPS) is 15.8. The van der Waals surface area contributed by atoms with Gasteiger partial charge in [-0.1, -0.05) is 42.5 Å². The summed E-state index contributed by atoms with van der Waals surface area (Å²) in [6.07, 6.45) is -0.0622. The van der Waals surface area contributed by atoms with Gasteiger partial charge in [0.1, 0.15) is 12.1 Å². The van der Waals surface area contributed by atoms with Crippen LogP contribution < -0.4 is 41.9 Å². The minimum Gasteiger partial charge on any atom is -0.549 e. The van der Waals surface area contributed by atoms with Gasteiger partial charge in [-0.2, -0.15) is 0 Å². The van der Waals surface area contributed by atoms with Gasteiger partial charge in [-0.05, 0) is 48.8 Å². The van der Waals surface area contributed by atoms with E-state index in [9.17, 15) is 88.5 Å². The molecular weight excluding hydrogens is 1200 g/mol. The Morgan fingerprint density at radius 3 is 1.57 bits per heavy atom. The van der Waals surface area contributed by atoms with Crippen LogP contribution in [0.15, 0.2) is 67.1 Å². The minimum absolute atomic E-state index is 0. The standard InChI is InChI=1S/C55H75N11O18S.Ga/c1-34(45(70)22-38(20-41-25-56-33-58-41)53(82)61-43(31-67)46(71)23-37(19-35-5-3-2-4-6-35)52(81)62-44(32-68)54(83)84)59-51(80)39(24-47(72)73)21-42(69)26-57-55(85)60-40-9-7-36(8-10-40)27-63-11-13-64(28-48(74)75)15-17-66(30-50(78)79)18-16-65(14-12-63)29-49(76)77;/h2-10,25,33-34,37-39,43-44,67-68H,11-24,26-32H2,1H3,(H,56,58)(H,59,80)(H,61,82)(H,62,81)(H,72,73)(H,74,75)(H,76,77)(H,78,79)(H,83,84)(H2,57,60,85);/q;+3/p-3/t34-,37+,38+,39-,43-,44-;/m0./s1. The fraction of sp³-hybridized carbons (Fsp3) is 0.509. The molecule has 1 fully saturated rings. The van der Waals surface area contributed by atoms with Crippen molar-refractivity contribution in [3.63, 3.8) is 0 Å². The van der Waals surface area contributed by atoms with Crippen molar-refractivity contribution >= 4 is 108 Å². The number of imidazole rings is 1. The van der Waals surface area contributed by atoms with E-state index in [0.29, 0.717) is 36.6 Å². The third-order valence-corrected chi connectivity index (χ3v) is 14.1. The van der Waals surface area contributed by atoms with Crippen LogP contribution in [0.25, 0.3) is 0 Å². The van der Waals surface area contributed by atoms with Crippen molar-refractivity contribution in [3.05, 3.63) is 83.9 Å². The topological polar surface area (TPSA) is 440 Å². The van der Waals surface area contributed by atoms with E-state index < -0.39 is 166 Å². The molecule has 3 aromatic rings. The number of hydrogen-bond donors (Lipinski definition) is 10. The van der Waals surface area contributed by atoms with Gasteiger partial charge in [0.2, 0.25) is 17.7 Å². The molecule has 31 heteroatoms. The average Bonchev–Trinajstić information content (AvgIpc) is 3.95. The van der Waals surface area contributed by atoms with E-state index in [1.807, 2.05) is 4.90 Å². The number of aliphatic hydroxyl groups is 2. The maximum absolute atomic E-state index is 13.9. The Morgan fingerprint density at radius 1 is 0.605 bits per heavy atom. The van der Waals surface area contributed by atoms with Gasteiger partial charge < -0.3 is 81.7 Å². The second-order valence-corrected chi connectivity index (χ2v) is 20.9. The van der Waals surface area contributed by atoms with Gasteiger partial charge in [0.15, 0.2) is 22.5 Å². The molecule has 1 aliphatic heterocycles. The monoisotopic (exact) mass is 1280 g/mol. The van der Waals surface area contributed by atoms with Crippen LogP contribution in [0.5, 0.6) is 0 Å². The van der Waals surface area contributed by atoms with Gasteiger partial charge in [-0.15, -0.1) is 0 Å². The first-order valence-electron chi connectivity index (χ1n) is 27.2. The number of carboxylic acid groups (broad SMARTS) is 5. The molecule has 4 rings (SSSR count). The van der Waals surface area contributed by atoms with Crippen LogP contribution in [0.2, 0.25) is 0 Å². The van der Waals surface area contributed by atoms with E-state index in [2.05, 4.69) is 36.6 Å². The van der Waals surface area contributed by atoms with Crippen LogP contribution in [0.1, 0.15) is 49.4 Å². The zero-order chi connectivity index (χ0) is 62.6. The maximum atomic E-state index is 13.9. The number of amides is 3. The predicted molar refractivity (Wildman–Crippen MR) is 303 cm³/mol. The smallest absolute Gasteiger partial charge is 0.549 e. The van der Waals surface area contributed by atoms with E-state index >= 15 is 0 Å². The average molecular weight is 1280 g/mol. The van der Waals surface area contributed by atoms with Gasteiger partial charge in [-0.3, -0.25) is 53.2 Å². The van der Waals surface area contributed by atoms with Crippen molar-refractivity contribution in [3.8, 4) is 0 Å². The summed E-state index contributed by atoms with van der Waals surface area (Å²) >= 11 is 5.39. The fourth-order valence-corrected chi connectivity index (χ4v) is 9.35. The number of Topliss-reactive ketones (excluding diaryl/α,β-unsaturated/α-hetero) is 3. The summed E-state index contributed by atoms with van der Waals surface area (Å²) in [5.41, 5.74) is 2.30. The number of nitrogens with one attached hydrogen (secondary N) is 6. The molecular formula is C55H72GaN11O18S. The number of ketones is 3. The number of aliphatic hydroxyl groups excluding tert-OH is 2. The molecule has 1 aromatic heterocycles. The molecule has 10 N–H and O–H groups in total. The molecule has 1 saturated heterocycles. The Morgan fingerprint density at radius 2 is 1.09 bits per heavy atom. The summed E-state index contributed by atoms with van der Waals surface area (Å²) in [5, 5.41) is 86.1. The van der Waals surface area contributed by atoms with Crippen LogP contribution in [-0.4, -0.2) is 250 Å². The molecule has 0 radical (unpaired) electrons. The van der Waals surface area contributed by atoms with Crippen molar-refractivity contribution in [1.82, 2.24) is 50.8 Å². The Hall–Kier alpha value is -7.49. The number of aliphatic carboxylic acids is 5. The number of H-pyrrole nitrogens is 1. The predicted octanol–water partition coefficient (Wildman–Crippen LogP) is -6.48. The van der Waals surface area contributed by atoms with Gasteiger partial charge in [0, 0.05) is 128 Å². The van der Waals surface area contributed by atoms with Gasteiger partial charge in [0.25, 0.3) is 0 Å². The molecule has 0 aliphatic carbocycles. The number of aromatic nitrogens is 2. The summed E-state index contributed by atoms with van der Waals surface area (Å²) in [5.74, 6) is -15.7. The third-order valence-electron chi connectivity index (χ3n) is 13.8. The number of benzene rings is 2. The number of carboxylic acids is 5. The Kier molecular flexibility index (Phi) is 32.0. The van der Waals surface area contributed by atoms with Crippen LogP contribution >= 0.6 is 12.2 Å². The molecule has 3 amide bonds. The minimum atomic E-state index is -1.68. The molecule has 0 spiro atoms. The molecule has 0 saturated carbocycles. The van der Waals surface area contributed by atoms with Crippen molar-refractivity contribution in [1.29, 1.82) is 0 Å². The summed E-state index contributed by atoms with van der Waals surface area (Å²) in [4.78, 5) is 153. The number of carbonyl (C=O) groups excluding carboxylic acids is 9. The summed E-state index contributed by atoms with van der Waals surface area (Å²) < 4.78 is 0. The molecule has 0 unspecified atom stereocenters. The molecule has 1 aliphatic rings. The number of carbonyl (C=O) groups is 11. The third kappa shape index (κ3) is 27.3. The van der Waals surface area contributed by atoms with Crippen molar-refractivity contribution in [2.45, 2.75) is 70.1 Å². The van der Waals surface area contributed by atoms with E-state index in [0.717, 1.165) is 5.56 Å². The van der Waals surface area contributed by atoms with Crippen LogP contribution in [0.4, 0.5) is 5.69 Å². The van der Waals surface area contributed by atoms with E-state index in [-0.39, 0.29) is 77.0 Å². The molecule has 86 heavy (non-hydrogen) atoms. The van der Waals surface area contributed by atoms with Gasteiger partial charge in [-0.25, -0.2) is 9.78 Å². The van der Waals surface area contributed by atoms with Crippen molar-refractivity contribution in [2.75, 3.05) is 97.1 Å². The van der Waals surface area contributed by atoms with Gasteiger partial charge in [0.05, 0.1) is 68.3 Å². The first-order valence-corrected chi connectivity index (χ1v) is 27.6. The second-order valence-electron chi connectivity index (χ2n) is 20.5. The number of nitrogens with zero attached hydrogens (tertiary/aromatic N) is 5. The van der Waals surface area contributed by atoms with Gasteiger partial charge >= 0.3 is 31.7 Å². The number of rotatable bonds is 34. The molecule has 6 atom stereocenters. The largest absolute Gasteiger partial charge is 3.00 e. The quantitative estimate of drug-likeness (QED) is 0.0196. The van der Waals surface area contributed by atoms with Crippen molar-refractivity contribution < 1.29 is 88.5 Å². The Balaban J connectivity index is 0.0000194. The SMILES string of the molecule is C[C@H](NC(=O)[C@H](CC(=O)O)CC(=O)CNC(=S)Nc1ccc(CN2CCN(CC(=O)[O-])CCN(CC(=O)[O-])CCN(CC(=O)[O-])CC2)cc1)C(=O)C[C@@H](Cc1cnc[nH]1)C(=O)N[C@@H](CO)C(=O)C[C@@H](Cc1ccccc1)C(=O)N[C@@H](CO)C(=O)O.[Ga+3]. The van der Waals surface area contributed by atoms with E-state index in [4.69, 9.17) is 12.2 Å². The Bertz CT molecular complexity index is 2730. The van der Waals surface area contributed by atoms with Crippen LogP contribution in [0.3, 0.4) is 0 Å². The first-order chi connectivity index (χ1) is 40.4. The Labute approximate surface area is 513 Å². The van der Waals surface area contributed by atoms with Crippen LogP contribution in [-0.2, 0) is 72.1 Å². The molecule has 2 heterocycles. The molecule has 29 nitrogen and oxygen atoms in total. The number of aromatic amines is 1. The number of anilines is 1. The summed E-state index contributed by atoms with van der Waals surface area (Å²) in [7, 11) is 0. The fourth-order valence-electron chi connectivity index (χ4n) is 9.16. The zero-order valence-electron chi connectivity index (χ0n) is 47.4. The number of hydrogen-bond acceptors (Lipinski definition) is 22. The number of thiocarbonyl (C=S) groups is 1. The van der Waals surface area contributed by atoms with Crippen molar-refractivity contribution in [2.24, 2.45) is 17.8 Å². The molecule has 0 bridgehead atoms. The van der Waals surface area contributed by atoms with E-state index in [1.54, 1.807) is 69.3 Å². The second kappa shape index (κ2) is 37.8. The maximum Gasteiger partial charge on any atom is 3.00 e. The zero-order valence-corrected chi connectivity index (χ0v) is 50.6. The summed E-state index contributed by atoms with van der Waals surface area (Å²) in [6, 6.07) is 10.8. The molecule has 464 valence electrons. The molecule has 2 aromatic carbocycles. The summed E-state index contributed by atoms with van der Waals surface area (Å²) in [6.45, 7) is 0.123. The van der Waals surface area contributed by atoms with Crippen LogP contribution in [0, 0.1) is 17.8 Å². The van der Waals surface area contributed by atoms with E-state index in [1.165, 1.54) is 19.4 Å². The first kappa shape index (κ1) is 72.8.